The van der Waals surface area contributed by atoms with Gasteiger partial charge < -0.3 is 0 Å². The predicted molar refractivity (Wildman–Crippen MR) is 69.7 cm³/mol. The largest absolute Gasteiger partial charge is 0.293 e. The van der Waals surface area contributed by atoms with Crippen LogP contribution in [0.2, 0.25) is 0 Å². The Morgan fingerprint density at radius 3 is 2.62 bits per heavy atom. The summed E-state index contributed by atoms with van der Waals surface area (Å²) in [5.41, 5.74) is 1.92. The molecule has 0 atom stereocenters. The first-order chi connectivity index (χ1) is 6.06. The van der Waals surface area contributed by atoms with Gasteiger partial charge in [-0.25, -0.2) is 0 Å². The molecular formula is C9H7Br2IO. The third-order valence-corrected chi connectivity index (χ3v) is 4.18. The lowest BCUT2D eigenvalue weighted by molar-refractivity contribution is 0.102. The van der Waals surface area contributed by atoms with E-state index in [4.69, 9.17) is 0 Å². The zero-order valence-corrected chi connectivity index (χ0v) is 12.2. The van der Waals surface area contributed by atoms with Gasteiger partial charge in [0.05, 0.1) is 5.33 Å². The minimum Gasteiger partial charge on any atom is -0.293 e. The molecular weight excluding hydrogens is 411 g/mol. The maximum absolute atomic E-state index is 11.4. The van der Waals surface area contributed by atoms with Crippen LogP contribution in [-0.2, 0) is 0 Å². The van der Waals surface area contributed by atoms with Gasteiger partial charge in [0.25, 0.3) is 0 Å². The lowest BCUT2D eigenvalue weighted by Crippen LogP contribution is -2.01. The molecule has 0 aliphatic heterocycles. The molecule has 0 fully saturated rings. The number of hydrogen-bond donors (Lipinski definition) is 0. The first kappa shape index (κ1) is 11.7. The molecule has 0 N–H and O–H groups in total. The molecule has 0 spiro atoms. The molecule has 13 heavy (non-hydrogen) atoms. The summed E-state index contributed by atoms with van der Waals surface area (Å²) in [5, 5.41) is 0.374. The average Bonchev–Trinajstić information content (AvgIpc) is 2.12. The number of rotatable bonds is 2. The van der Waals surface area contributed by atoms with E-state index in [0.717, 1.165) is 13.6 Å². The Morgan fingerprint density at radius 1 is 1.54 bits per heavy atom. The molecule has 0 heterocycles. The number of benzene rings is 1. The summed E-state index contributed by atoms with van der Waals surface area (Å²) in [6, 6.07) is 3.77. The summed E-state index contributed by atoms with van der Waals surface area (Å²) < 4.78 is 2.10. The molecule has 1 rings (SSSR count). The predicted octanol–water partition coefficient (Wildman–Crippen LogP) is 3.94. The van der Waals surface area contributed by atoms with E-state index in [1.165, 1.54) is 5.56 Å². The van der Waals surface area contributed by atoms with Crippen LogP contribution in [0, 0.1) is 10.5 Å². The first-order valence-electron chi connectivity index (χ1n) is 3.61. The summed E-state index contributed by atoms with van der Waals surface area (Å²) in [7, 11) is 0. The van der Waals surface area contributed by atoms with E-state index < -0.39 is 0 Å². The van der Waals surface area contributed by atoms with Gasteiger partial charge in [0.1, 0.15) is 0 Å². The second kappa shape index (κ2) is 4.89. The molecule has 0 amide bonds. The standard InChI is InChI=1S/C9H7Br2IO/c1-5-7(11)2-6(3-8(5)12)9(13)4-10/h2-3H,4H2,1H3. The number of alkyl halides is 1. The molecule has 4 heteroatoms. The number of Topliss-reactive ketones (excluding diaryl/α,β-unsaturated/α-hetero) is 1. The fourth-order valence-electron chi connectivity index (χ4n) is 0.883. The Balaban J connectivity index is 3.20. The first-order valence-corrected chi connectivity index (χ1v) is 6.60. The van der Waals surface area contributed by atoms with Crippen LogP contribution in [0.3, 0.4) is 0 Å². The van der Waals surface area contributed by atoms with Gasteiger partial charge in [-0.2, -0.15) is 0 Å². The summed E-state index contributed by atoms with van der Waals surface area (Å²) in [5.74, 6) is 0.110. The maximum atomic E-state index is 11.4. The fraction of sp³-hybridized carbons (Fsp3) is 0.222. The highest BCUT2D eigenvalue weighted by Crippen LogP contribution is 2.23. The van der Waals surface area contributed by atoms with Gasteiger partial charge in [0, 0.05) is 13.6 Å². The topological polar surface area (TPSA) is 17.1 Å². The van der Waals surface area contributed by atoms with Crippen LogP contribution in [0.1, 0.15) is 15.9 Å². The van der Waals surface area contributed by atoms with E-state index in [1.54, 1.807) is 0 Å². The second-order valence-electron chi connectivity index (χ2n) is 2.62. The van der Waals surface area contributed by atoms with E-state index in [-0.39, 0.29) is 5.78 Å². The molecule has 1 aromatic rings. The van der Waals surface area contributed by atoms with Crippen molar-refractivity contribution in [3.8, 4) is 0 Å². The highest BCUT2D eigenvalue weighted by Gasteiger charge is 2.08. The molecule has 0 aliphatic rings. The summed E-state index contributed by atoms with van der Waals surface area (Å²) in [4.78, 5) is 11.4. The van der Waals surface area contributed by atoms with Gasteiger partial charge in [-0.3, -0.25) is 4.79 Å². The molecule has 0 saturated carbocycles. The van der Waals surface area contributed by atoms with Crippen LogP contribution in [0.15, 0.2) is 16.6 Å². The Hall–Kier alpha value is 0.580. The van der Waals surface area contributed by atoms with Crippen molar-refractivity contribution in [2.45, 2.75) is 6.92 Å². The van der Waals surface area contributed by atoms with E-state index in [0.29, 0.717) is 5.33 Å². The summed E-state index contributed by atoms with van der Waals surface area (Å²) >= 11 is 8.80. The summed E-state index contributed by atoms with van der Waals surface area (Å²) in [6.45, 7) is 2.02. The highest BCUT2D eigenvalue weighted by molar-refractivity contribution is 14.1. The van der Waals surface area contributed by atoms with Crippen molar-refractivity contribution in [3.05, 3.63) is 31.3 Å². The van der Waals surface area contributed by atoms with Gasteiger partial charge in [-0.15, -0.1) is 0 Å². The zero-order chi connectivity index (χ0) is 10.0. The molecule has 0 aliphatic carbocycles. The Kier molecular flexibility index (Phi) is 4.38. The van der Waals surface area contributed by atoms with Crippen LogP contribution >= 0.6 is 54.5 Å². The van der Waals surface area contributed by atoms with Gasteiger partial charge in [0.15, 0.2) is 5.78 Å². The lowest BCUT2D eigenvalue weighted by Gasteiger charge is -2.04. The number of ketones is 1. The Bertz CT molecular complexity index is 326. The van der Waals surface area contributed by atoms with Crippen LogP contribution in [0.25, 0.3) is 0 Å². The third kappa shape index (κ3) is 2.76. The monoisotopic (exact) mass is 416 g/mol. The van der Waals surface area contributed by atoms with Crippen molar-refractivity contribution in [3.63, 3.8) is 0 Å². The SMILES string of the molecule is Cc1c(Br)cc(C(=O)CBr)cc1I. The van der Waals surface area contributed by atoms with Crippen molar-refractivity contribution in [1.82, 2.24) is 0 Å². The zero-order valence-electron chi connectivity index (χ0n) is 6.90. The molecule has 0 aromatic heterocycles. The van der Waals surface area contributed by atoms with Crippen molar-refractivity contribution < 1.29 is 4.79 Å². The maximum Gasteiger partial charge on any atom is 0.173 e. The molecule has 70 valence electrons. The van der Waals surface area contributed by atoms with Crippen LogP contribution in [0.5, 0.6) is 0 Å². The molecule has 0 saturated heterocycles. The highest BCUT2D eigenvalue weighted by atomic mass is 127. The Morgan fingerprint density at radius 2 is 2.15 bits per heavy atom. The van der Waals surface area contributed by atoms with Gasteiger partial charge in [-0.05, 0) is 47.2 Å². The van der Waals surface area contributed by atoms with Crippen molar-refractivity contribution in [2.75, 3.05) is 5.33 Å². The molecule has 0 radical (unpaired) electrons. The molecule has 1 nitrogen and oxygen atoms in total. The molecule has 0 unspecified atom stereocenters. The second-order valence-corrected chi connectivity index (χ2v) is 5.20. The van der Waals surface area contributed by atoms with Crippen LogP contribution in [0.4, 0.5) is 0 Å². The normalized spacial score (nSPS) is 10.2. The number of carbonyl (C=O) groups is 1. The van der Waals surface area contributed by atoms with Gasteiger partial charge in [0.2, 0.25) is 0 Å². The van der Waals surface area contributed by atoms with Gasteiger partial charge in [-0.1, -0.05) is 31.9 Å². The molecule has 1 aromatic carbocycles. The van der Waals surface area contributed by atoms with Crippen molar-refractivity contribution >= 4 is 60.2 Å². The smallest absolute Gasteiger partial charge is 0.173 e. The quantitative estimate of drug-likeness (QED) is 0.405. The van der Waals surface area contributed by atoms with Gasteiger partial charge >= 0.3 is 0 Å². The Labute approximate surface area is 108 Å². The van der Waals surface area contributed by atoms with E-state index in [1.807, 2.05) is 19.1 Å². The minimum atomic E-state index is 0.110. The summed E-state index contributed by atoms with van der Waals surface area (Å²) in [6.07, 6.45) is 0. The van der Waals surface area contributed by atoms with E-state index in [2.05, 4.69) is 54.5 Å². The van der Waals surface area contributed by atoms with E-state index >= 15 is 0 Å². The third-order valence-electron chi connectivity index (χ3n) is 1.72. The minimum absolute atomic E-state index is 0.110. The molecule has 0 bridgehead atoms. The fourth-order valence-corrected chi connectivity index (χ4v) is 2.66. The van der Waals surface area contributed by atoms with E-state index in [9.17, 15) is 4.79 Å². The number of carbonyl (C=O) groups excluding carboxylic acids is 1. The average molecular weight is 418 g/mol. The number of halogens is 3. The van der Waals surface area contributed by atoms with Crippen molar-refractivity contribution in [1.29, 1.82) is 0 Å². The number of hydrogen-bond acceptors (Lipinski definition) is 1. The van der Waals surface area contributed by atoms with Crippen molar-refractivity contribution in [2.24, 2.45) is 0 Å². The van der Waals surface area contributed by atoms with Crippen LogP contribution in [-0.4, -0.2) is 11.1 Å². The van der Waals surface area contributed by atoms with Crippen LogP contribution < -0.4 is 0 Å². The lowest BCUT2D eigenvalue weighted by atomic mass is 10.1.